The van der Waals surface area contributed by atoms with Gasteiger partial charge in [0.2, 0.25) is 0 Å². The number of halogens is 12. The molecule has 1 aromatic rings. The van der Waals surface area contributed by atoms with Crippen molar-refractivity contribution in [3.8, 4) is 0 Å². The fourth-order valence-corrected chi connectivity index (χ4v) is 3.10. The Morgan fingerprint density at radius 2 is 1.04 bits per heavy atom. The first kappa shape index (κ1) is 20.7. The molecule has 23 heavy (non-hydrogen) atoms. The molecule has 0 saturated carbocycles. The van der Waals surface area contributed by atoms with Gasteiger partial charge in [-0.05, 0) is 5.19 Å². The van der Waals surface area contributed by atoms with Crippen LogP contribution in [0.25, 0.3) is 0 Å². The smallest absolute Gasteiger partial charge is 0.194 e. The zero-order valence-electron chi connectivity index (χ0n) is 10.3. The van der Waals surface area contributed by atoms with E-state index in [4.69, 9.17) is 33.2 Å². The molecule has 0 spiro atoms. The first-order chi connectivity index (χ1) is 9.96. The highest BCUT2D eigenvalue weighted by atomic mass is 35.8. The lowest BCUT2D eigenvalue weighted by Crippen LogP contribution is -2.59. The van der Waals surface area contributed by atoms with Crippen LogP contribution in [0.15, 0.2) is 24.3 Å². The zero-order chi connectivity index (χ0) is 18.5. The molecule has 0 aliphatic rings. The molecule has 0 fully saturated rings. The summed E-state index contributed by atoms with van der Waals surface area (Å²) in [4.78, 5) is 0. The molecule has 0 N–H and O–H groups in total. The lowest BCUT2D eigenvalue weighted by atomic mass is 9.97. The van der Waals surface area contributed by atoms with Crippen molar-refractivity contribution in [2.75, 3.05) is 0 Å². The highest BCUT2D eigenvalue weighted by molar-refractivity contribution is 7.69. The number of rotatable bonds is 4. The number of alkyl halides is 9. The van der Waals surface area contributed by atoms with E-state index in [1.165, 1.54) is 0 Å². The van der Waals surface area contributed by atoms with Crippen LogP contribution in [-0.4, -0.2) is 24.0 Å². The Morgan fingerprint density at radius 1 is 0.652 bits per heavy atom. The quantitative estimate of drug-likeness (QED) is 0.338. The van der Waals surface area contributed by atoms with E-state index in [-0.39, 0.29) is 17.3 Å². The van der Waals surface area contributed by atoms with Crippen molar-refractivity contribution in [2.45, 2.75) is 23.9 Å². The molecule has 0 radical (unpaired) electrons. The number of benzene rings is 1. The maximum absolute atomic E-state index is 13.6. The Morgan fingerprint density at radius 3 is 1.35 bits per heavy atom. The third kappa shape index (κ3) is 3.54. The third-order valence-corrected chi connectivity index (χ3v) is 5.67. The van der Waals surface area contributed by atoms with Crippen LogP contribution in [0.4, 0.5) is 39.5 Å². The molecule has 0 aliphatic heterocycles. The van der Waals surface area contributed by atoms with E-state index < -0.39 is 35.5 Å². The van der Waals surface area contributed by atoms with Crippen LogP contribution in [0.2, 0.25) is 0 Å². The summed E-state index contributed by atoms with van der Waals surface area (Å²) in [5, 5.41) is -0.145. The molecule has 0 unspecified atom stereocenters. The van der Waals surface area contributed by atoms with Gasteiger partial charge in [0, 0.05) is 5.56 Å². The largest absolute Gasteiger partial charge is 0.460 e. The molecule has 0 atom stereocenters. The predicted octanol–water partition coefficient (Wildman–Crippen LogP) is 5.47. The number of hydrogen-bond acceptors (Lipinski definition) is 0. The van der Waals surface area contributed by atoms with Gasteiger partial charge in [-0.3, -0.25) is 0 Å². The van der Waals surface area contributed by atoms with E-state index in [0.29, 0.717) is 12.1 Å². The second kappa shape index (κ2) is 5.89. The molecular formula is C10H4Cl3F9Si. The van der Waals surface area contributed by atoms with Gasteiger partial charge in [-0.25, -0.2) is 0 Å². The van der Waals surface area contributed by atoms with Gasteiger partial charge in [0.15, 0.2) is 0 Å². The summed E-state index contributed by atoms with van der Waals surface area (Å²) in [6.07, 6.45) is -6.87. The molecule has 0 heterocycles. The molecule has 0 aliphatic carbocycles. The van der Waals surface area contributed by atoms with Gasteiger partial charge in [0.05, 0.1) is 0 Å². The fraction of sp³-hybridized carbons (Fsp3) is 0.400. The van der Waals surface area contributed by atoms with Crippen LogP contribution in [0.5, 0.6) is 0 Å². The normalized spacial score (nSPS) is 15.0. The van der Waals surface area contributed by atoms with E-state index in [9.17, 15) is 39.5 Å². The molecule has 0 bridgehead atoms. The van der Waals surface area contributed by atoms with Crippen molar-refractivity contribution in [3.05, 3.63) is 29.8 Å². The molecule has 0 amide bonds. The topological polar surface area (TPSA) is 0 Å². The predicted molar refractivity (Wildman–Crippen MR) is 69.2 cm³/mol. The second-order valence-corrected chi connectivity index (χ2v) is 12.7. The minimum atomic E-state index is -6.95. The average molecular weight is 430 g/mol. The Bertz CT molecular complexity index is 562. The molecule has 0 saturated heterocycles. The van der Waals surface area contributed by atoms with E-state index in [0.717, 1.165) is 0 Å². The van der Waals surface area contributed by atoms with Crippen molar-refractivity contribution in [1.29, 1.82) is 0 Å². The fourth-order valence-electron chi connectivity index (χ4n) is 1.42. The Balaban J connectivity index is 3.35. The molecule has 13 heteroatoms. The van der Waals surface area contributed by atoms with Crippen LogP contribution in [0, 0.1) is 0 Å². The molecule has 132 valence electrons. The van der Waals surface area contributed by atoms with Crippen LogP contribution < -0.4 is 5.19 Å². The van der Waals surface area contributed by atoms with Crippen molar-refractivity contribution in [3.63, 3.8) is 0 Å². The SMILES string of the molecule is FC(F)(F)C(F)(F)C(F)(F)C(F)(F)c1ccc([Si](Cl)(Cl)Cl)cc1. The average Bonchev–Trinajstić information content (AvgIpc) is 2.36. The molecule has 0 nitrogen and oxygen atoms in total. The van der Waals surface area contributed by atoms with E-state index in [1.54, 1.807) is 0 Å². The minimum Gasteiger partial charge on any atom is -0.194 e. The van der Waals surface area contributed by atoms with Gasteiger partial charge in [-0.15, -0.1) is 33.2 Å². The summed E-state index contributed by atoms with van der Waals surface area (Å²) in [7, 11) is 0. The number of hydrogen-bond donors (Lipinski definition) is 0. The highest BCUT2D eigenvalue weighted by Gasteiger charge is 2.81. The maximum atomic E-state index is 13.6. The van der Waals surface area contributed by atoms with Crippen molar-refractivity contribution in [2.24, 2.45) is 0 Å². The van der Waals surface area contributed by atoms with Crippen molar-refractivity contribution < 1.29 is 39.5 Å². The van der Waals surface area contributed by atoms with Crippen LogP contribution >= 0.6 is 33.2 Å². The third-order valence-electron chi connectivity index (χ3n) is 2.72. The van der Waals surface area contributed by atoms with Gasteiger partial charge in [-0.2, -0.15) is 39.5 Å². The van der Waals surface area contributed by atoms with Crippen molar-refractivity contribution >= 4 is 44.4 Å². The summed E-state index contributed by atoms with van der Waals surface area (Å²) in [5.41, 5.74) is -1.78. The van der Waals surface area contributed by atoms with Crippen LogP contribution in [0.1, 0.15) is 5.56 Å². The Hall–Kier alpha value is -0.323. The summed E-state index contributed by atoms with van der Waals surface area (Å²) in [6.45, 7) is 0. The monoisotopic (exact) mass is 428 g/mol. The first-order valence-corrected chi connectivity index (χ1v) is 10.4. The van der Waals surface area contributed by atoms with Crippen LogP contribution in [-0.2, 0) is 5.92 Å². The first-order valence-electron chi connectivity index (χ1n) is 5.34. The summed E-state index contributed by atoms with van der Waals surface area (Å²) < 4.78 is 115. The molecular weight excluding hydrogens is 426 g/mol. The van der Waals surface area contributed by atoms with E-state index >= 15 is 0 Å². The maximum Gasteiger partial charge on any atom is 0.460 e. The summed E-state index contributed by atoms with van der Waals surface area (Å²) in [5.74, 6) is -19.5. The van der Waals surface area contributed by atoms with Crippen molar-refractivity contribution in [1.82, 2.24) is 0 Å². The minimum absolute atomic E-state index is 0.145. The van der Waals surface area contributed by atoms with Gasteiger partial charge >= 0.3 is 29.9 Å². The zero-order valence-corrected chi connectivity index (χ0v) is 13.6. The summed E-state index contributed by atoms with van der Waals surface area (Å²) in [6, 6.07) is -1.89. The van der Waals surface area contributed by atoms with E-state index in [1.807, 2.05) is 0 Å². The van der Waals surface area contributed by atoms with Gasteiger partial charge in [0.25, 0.3) is 0 Å². The lowest BCUT2D eigenvalue weighted by Gasteiger charge is -2.33. The highest BCUT2D eigenvalue weighted by Crippen LogP contribution is 2.56. The molecule has 0 aromatic heterocycles. The van der Waals surface area contributed by atoms with E-state index in [2.05, 4.69) is 0 Å². The Labute approximate surface area is 138 Å². The standard InChI is InChI=1S/C10H4Cl3F9Si/c11-23(12,13)6-3-1-5(2-4-6)7(14,15)8(16,17)9(18,19)10(20,21)22/h1-4H. The van der Waals surface area contributed by atoms with Gasteiger partial charge in [0.1, 0.15) is 0 Å². The van der Waals surface area contributed by atoms with Crippen LogP contribution in [0.3, 0.4) is 0 Å². The van der Waals surface area contributed by atoms with Gasteiger partial charge in [-0.1, -0.05) is 24.3 Å². The van der Waals surface area contributed by atoms with Gasteiger partial charge < -0.3 is 0 Å². The lowest BCUT2D eigenvalue weighted by molar-refractivity contribution is -0.399. The molecule has 1 rings (SSSR count). The molecule has 1 aromatic carbocycles. The summed E-state index contributed by atoms with van der Waals surface area (Å²) >= 11 is 16.5. The second-order valence-electron chi connectivity index (χ2n) is 4.30. The Kier molecular flexibility index (Phi) is 5.30.